The molecule has 1 unspecified atom stereocenters. The molecule has 2 nitrogen and oxygen atoms in total. The van der Waals surface area contributed by atoms with Crippen LogP contribution < -0.4 is 5.73 Å². The number of nitrogens with two attached hydrogens (primary N) is 1. The molecule has 0 amide bonds. The number of carbonyl (C=O) groups excluding carboxylic acids is 1. The maximum atomic E-state index is 13.9. The number of ketones is 1. The molecule has 2 aromatic rings. The van der Waals surface area contributed by atoms with E-state index in [1.165, 1.54) is 13.0 Å². The summed E-state index contributed by atoms with van der Waals surface area (Å²) in [5.41, 5.74) is 6.68. The SMILES string of the molecule is Cc1ccc(F)c(C(=O)CCC(N)c2ccccc2)c1F. The molecule has 0 aliphatic carbocycles. The van der Waals surface area contributed by atoms with Crippen molar-refractivity contribution in [3.8, 4) is 0 Å². The van der Waals surface area contributed by atoms with Crippen molar-refractivity contribution in [1.82, 2.24) is 0 Å². The van der Waals surface area contributed by atoms with Crippen LogP contribution in [0, 0.1) is 18.6 Å². The lowest BCUT2D eigenvalue weighted by atomic mass is 9.97. The molecule has 2 rings (SSSR count). The highest BCUT2D eigenvalue weighted by molar-refractivity contribution is 5.96. The molecule has 2 N–H and O–H groups in total. The molecule has 2 aromatic carbocycles. The zero-order chi connectivity index (χ0) is 15.4. The van der Waals surface area contributed by atoms with Gasteiger partial charge >= 0.3 is 0 Å². The van der Waals surface area contributed by atoms with Crippen LogP contribution in [0.25, 0.3) is 0 Å². The second-order valence-electron chi connectivity index (χ2n) is 5.03. The minimum Gasteiger partial charge on any atom is -0.324 e. The van der Waals surface area contributed by atoms with E-state index >= 15 is 0 Å². The van der Waals surface area contributed by atoms with Crippen LogP contribution in [-0.2, 0) is 0 Å². The Morgan fingerprint density at radius 2 is 1.81 bits per heavy atom. The van der Waals surface area contributed by atoms with Crippen LogP contribution in [0.2, 0.25) is 0 Å². The number of benzene rings is 2. The first-order valence-electron chi connectivity index (χ1n) is 6.79. The van der Waals surface area contributed by atoms with Crippen molar-refractivity contribution in [2.75, 3.05) is 0 Å². The van der Waals surface area contributed by atoms with Gasteiger partial charge in [-0.1, -0.05) is 36.4 Å². The smallest absolute Gasteiger partial charge is 0.168 e. The number of hydrogen-bond acceptors (Lipinski definition) is 2. The van der Waals surface area contributed by atoms with E-state index in [-0.39, 0.29) is 18.0 Å². The largest absolute Gasteiger partial charge is 0.324 e. The molecule has 0 radical (unpaired) electrons. The zero-order valence-electron chi connectivity index (χ0n) is 11.8. The third-order valence-corrected chi connectivity index (χ3v) is 3.47. The Labute approximate surface area is 122 Å². The third-order valence-electron chi connectivity index (χ3n) is 3.47. The summed E-state index contributed by atoms with van der Waals surface area (Å²) in [6.45, 7) is 1.50. The molecule has 0 aromatic heterocycles. The molecular formula is C17H17F2NO. The molecule has 0 saturated heterocycles. The molecule has 0 saturated carbocycles. The van der Waals surface area contributed by atoms with Gasteiger partial charge in [0, 0.05) is 12.5 Å². The van der Waals surface area contributed by atoms with Gasteiger partial charge in [0.15, 0.2) is 5.78 Å². The van der Waals surface area contributed by atoms with E-state index in [1.807, 2.05) is 30.3 Å². The monoisotopic (exact) mass is 289 g/mol. The second-order valence-corrected chi connectivity index (χ2v) is 5.03. The van der Waals surface area contributed by atoms with Gasteiger partial charge in [-0.3, -0.25) is 4.79 Å². The molecule has 0 bridgehead atoms. The fraction of sp³-hybridized carbons (Fsp3) is 0.235. The van der Waals surface area contributed by atoms with Gasteiger partial charge in [0.2, 0.25) is 0 Å². The Morgan fingerprint density at radius 3 is 2.48 bits per heavy atom. The van der Waals surface area contributed by atoms with Gasteiger partial charge in [0.25, 0.3) is 0 Å². The Hall–Kier alpha value is -2.07. The van der Waals surface area contributed by atoms with Gasteiger partial charge in [-0.15, -0.1) is 0 Å². The van der Waals surface area contributed by atoms with Gasteiger partial charge in [0.1, 0.15) is 11.6 Å². The molecule has 0 heterocycles. The van der Waals surface area contributed by atoms with Crippen LogP contribution in [-0.4, -0.2) is 5.78 Å². The van der Waals surface area contributed by atoms with Crippen LogP contribution >= 0.6 is 0 Å². The summed E-state index contributed by atoms with van der Waals surface area (Å²) >= 11 is 0. The summed E-state index contributed by atoms with van der Waals surface area (Å²) in [6.07, 6.45) is 0.350. The van der Waals surface area contributed by atoms with Crippen LogP contribution in [0.15, 0.2) is 42.5 Å². The molecule has 0 fully saturated rings. The highest BCUT2D eigenvalue weighted by Crippen LogP contribution is 2.21. The maximum absolute atomic E-state index is 13.9. The Kier molecular flexibility index (Phi) is 4.81. The minimum atomic E-state index is -0.823. The number of rotatable bonds is 5. The molecule has 0 aliphatic heterocycles. The van der Waals surface area contributed by atoms with E-state index in [2.05, 4.69) is 0 Å². The van der Waals surface area contributed by atoms with E-state index in [1.54, 1.807) is 0 Å². The summed E-state index contributed by atoms with van der Waals surface area (Å²) in [4.78, 5) is 12.0. The highest BCUT2D eigenvalue weighted by Gasteiger charge is 2.19. The number of halogens is 2. The quantitative estimate of drug-likeness (QED) is 0.847. The number of aryl methyl sites for hydroxylation is 1. The van der Waals surface area contributed by atoms with Crippen LogP contribution in [0.1, 0.15) is 40.4 Å². The fourth-order valence-corrected chi connectivity index (χ4v) is 2.19. The zero-order valence-corrected chi connectivity index (χ0v) is 11.8. The highest BCUT2D eigenvalue weighted by atomic mass is 19.1. The van der Waals surface area contributed by atoms with Gasteiger partial charge < -0.3 is 5.73 Å². The molecule has 0 aliphatic rings. The van der Waals surface area contributed by atoms with Crippen molar-refractivity contribution in [3.05, 3.63) is 70.8 Å². The lowest BCUT2D eigenvalue weighted by Crippen LogP contribution is -2.14. The van der Waals surface area contributed by atoms with Crippen molar-refractivity contribution in [1.29, 1.82) is 0 Å². The number of hydrogen-bond donors (Lipinski definition) is 1. The van der Waals surface area contributed by atoms with E-state index in [0.29, 0.717) is 6.42 Å². The average Bonchev–Trinajstić information content (AvgIpc) is 2.50. The number of carbonyl (C=O) groups is 1. The molecule has 110 valence electrons. The Morgan fingerprint density at radius 1 is 1.14 bits per heavy atom. The van der Waals surface area contributed by atoms with Crippen molar-refractivity contribution in [2.24, 2.45) is 5.73 Å². The second kappa shape index (κ2) is 6.59. The molecule has 21 heavy (non-hydrogen) atoms. The van der Waals surface area contributed by atoms with Crippen molar-refractivity contribution >= 4 is 5.78 Å². The van der Waals surface area contributed by atoms with Crippen molar-refractivity contribution < 1.29 is 13.6 Å². The first kappa shape index (κ1) is 15.3. The molecular weight excluding hydrogens is 272 g/mol. The van der Waals surface area contributed by atoms with Gasteiger partial charge in [-0.25, -0.2) is 8.78 Å². The van der Waals surface area contributed by atoms with E-state index in [4.69, 9.17) is 5.73 Å². The average molecular weight is 289 g/mol. The summed E-state index contributed by atoms with van der Waals surface area (Å²) in [7, 11) is 0. The van der Waals surface area contributed by atoms with Crippen LogP contribution in [0.4, 0.5) is 8.78 Å². The first-order valence-corrected chi connectivity index (χ1v) is 6.79. The van der Waals surface area contributed by atoms with Crippen molar-refractivity contribution in [3.63, 3.8) is 0 Å². The molecule has 4 heteroatoms. The van der Waals surface area contributed by atoms with E-state index in [0.717, 1.165) is 11.6 Å². The van der Waals surface area contributed by atoms with E-state index < -0.39 is 23.0 Å². The predicted molar refractivity (Wildman–Crippen MR) is 78.0 cm³/mol. The number of Topliss-reactive ketones (excluding diaryl/α,β-unsaturated/α-hetero) is 1. The lowest BCUT2D eigenvalue weighted by molar-refractivity contribution is 0.0969. The fourth-order valence-electron chi connectivity index (χ4n) is 2.19. The predicted octanol–water partition coefficient (Wildman–Crippen LogP) is 3.94. The molecule has 1 atom stereocenters. The standard InChI is InChI=1S/C17H17F2NO/c1-11-7-8-13(18)16(17(11)19)15(21)10-9-14(20)12-5-3-2-4-6-12/h2-8,14H,9-10,20H2,1H3. The normalized spacial score (nSPS) is 12.2. The summed E-state index contributed by atoms with van der Waals surface area (Å²) in [6, 6.07) is 11.4. The topological polar surface area (TPSA) is 43.1 Å². The molecule has 0 spiro atoms. The third kappa shape index (κ3) is 3.52. The summed E-state index contributed by atoms with van der Waals surface area (Å²) in [5.74, 6) is -2.16. The van der Waals surface area contributed by atoms with Crippen molar-refractivity contribution in [2.45, 2.75) is 25.8 Å². The Bertz CT molecular complexity index is 641. The van der Waals surface area contributed by atoms with E-state index in [9.17, 15) is 13.6 Å². The Balaban J connectivity index is 2.08. The summed E-state index contributed by atoms with van der Waals surface area (Å²) in [5, 5.41) is 0. The minimum absolute atomic E-state index is 0.00730. The lowest BCUT2D eigenvalue weighted by Gasteiger charge is -2.12. The van der Waals surface area contributed by atoms with Gasteiger partial charge in [-0.05, 0) is 30.5 Å². The van der Waals surface area contributed by atoms with Gasteiger partial charge in [0.05, 0.1) is 5.56 Å². The maximum Gasteiger partial charge on any atom is 0.168 e. The van der Waals surface area contributed by atoms with Gasteiger partial charge in [-0.2, -0.15) is 0 Å². The summed E-state index contributed by atoms with van der Waals surface area (Å²) < 4.78 is 27.5. The van der Waals surface area contributed by atoms with Crippen LogP contribution in [0.5, 0.6) is 0 Å². The van der Waals surface area contributed by atoms with Crippen LogP contribution in [0.3, 0.4) is 0 Å². The first-order chi connectivity index (χ1) is 10.0.